The Morgan fingerprint density at radius 3 is 1.17 bits per heavy atom. The minimum absolute atomic E-state index is 0.316. The van der Waals surface area contributed by atoms with Gasteiger partial charge in [0, 0.05) is 0 Å². The highest BCUT2D eigenvalue weighted by Gasteiger charge is 2.49. The number of rotatable bonds is 0. The van der Waals surface area contributed by atoms with Crippen LogP contribution >= 0.6 is 0 Å². The Balaban J connectivity index is 2.53. The predicted molar refractivity (Wildman–Crippen MR) is 69.6 cm³/mol. The third-order valence-electron chi connectivity index (χ3n) is 4.39. The van der Waals surface area contributed by atoms with Gasteiger partial charge in [0.2, 0.25) is 0 Å². The molecule has 1 saturated carbocycles. The largest absolute Gasteiger partial charge is 0.394 e. The SMILES string of the molecule is CC1(C(F)(F)F)CCCCCCCCCCCC1. The molecule has 0 nitrogen and oxygen atoms in total. The highest BCUT2D eigenvalue weighted by molar-refractivity contribution is 4.82. The molecule has 0 saturated heterocycles. The molecule has 18 heavy (non-hydrogen) atoms. The van der Waals surface area contributed by atoms with E-state index in [1.54, 1.807) is 0 Å². The van der Waals surface area contributed by atoms with Gasteiger partial charge in [-0.1, -0.05) is 71.1 Å². The van der Waals surface area contributed by atoms with Crippen molar-refractivity contribution in [1.29, 1.82) is 0 Å². The summed E-state index contributed by atoms with van der Waals surface area (Å²) in [6.07, 6.45) is 7.12. The molecule has 0 aromatic rings. The van der Waals surface area contributed by atoms with E-state index in [-0.39, 0.29) is 0 Å². The van der Waals surface area contributed by atoms with Gasteiger partial charge in [0.25, 0.3) is 0 Å². The Kier molecular flexibility index (Phi) is 6.51. The van der Waals surface area contributed by atoms with Crippen molar-refractivity contribution in [3.8, 4) is 0 Å². The molecule has 0 heterocycles. The molecule has 1 fully saturated rings. The van der Waals surface area contributed by atoms with Gasteiger partial charge in [0.15, 0.2) is 0 Å². The molecular formula is C15H27F3. The number of alkyl halides is 3. The third-order valence-corrected chi connectivity index (χ3v) is 4.39. The van der Waals surface area contributed by atoms with E-state index < -0.39 is 11.6 Å². The molecule has 0 aliphatic heterocycles. The summed E-state index contributed by atoms with van der Waals surface area (Å²) in [5.41, 5.74) is -1.44. The van der Waals surface area contributed by atoms with E-state index in [1.807, 2.05) is 0 Å². The zero-order valence-corrected chi connectivity index (χ0v) is 11.6. The van der Waals surface area contributed by atoms with Crippen LogP contribution in [0.15, 0.2) is 0 Å². The van der Waals surface area contributed by atoms with Crippen molar-refractivity contribution in [2.75, 3.05) is 0 Å². The van der Waals surface area contributed by atoms with Crippen molar-refractivity contribution in [3.63, 3.8) is 0 Å². The molecule has 0 radical (unpaired) electrons. The molecule has 0 spiro atoms. The van der Waals surface area contributed by atoms with Crippen molar-refractivity contribution in [1.82, 2.24) is 0 Å². The van der Waals surface area contributed by atoms with Gasteiger partial charge >= 0.3 is 6.18 Å². The molecular weight excluding hydrogens is 237 g/mol. The van der Waals surface area contributed by atoms with Crippen LogP contribution in [0.3, 0.4) is 0 Å². The van der Waals surface area contributed by atoms with Crippen molar-refractivity contribution < 1.29 is 13.2 Å². The second kappa shape index (κ2) is 7.40. The lowest BCUT2D eigenvalue weighted by molar-refractivity contribution is -0.223. The second-order valence-corrected chi connectivity index (χ2v) is 6.09. The highest BCUT2D eigenvalue weighted by atomic mass is 19.4. The molecule has 0 aromatic heterocycles. The topological polar surface area (TPSA) is 0 Å². The van der Waals surface area contributed by atoms with Crippen LogP contribution in [0.1, 0.15) is 84.0 Å². The first-order valence-corrected chi connectivity index (χ1v) is 7.52. The van der Waals surface area contributed by atoms with Crippen molar-refractivity contribution in [2.24, 2.45) is 5.41 Å². The molecule has 3 heteroatoms. The van der Waals surface area contributed by atoms with Crippen LogP contribution in [0, 0.1) is 5.41 Å². The van der Waals surface area contributed by atoms with Crippen LogP contribution in [-0.2, 0) is 0 Å². The van der Waals surface area contributed by atoms with Gasteiger partial charge in [-0.25, -0.2) is 0 Å². The molecule has 0 N–H and O–H groups in total. The van der Waals surface area contributed by atoms with Gasteiger partial charge in [-0.05, 0) is 12.8 Å². The van der Waals surface area contributed by atoms with Gasteiger partial charge in [-0.15, -0.1) is 0 Å². The number of halogens is 3. The lowest BCUT2D eigenvalue weighted by Gasteiger charge is -2.32. The molecule has 0 bridgehead atoms. The maximum absolute atomic E-state index is 13.1. The van der Waals surface area contributed by atoms with Crippen LogP contribution in [-0.4, -0.2) is 6.18 Å². The fourth-order valence-electron chi connectivity index (χ4n) is 2.85. The third kappa shape index (κ3) is 5.19. The minimum atomic E-state index is -4.03. The van der Waals surface area contributed by atoms with Crippen LogP contribution in [0.4, 0.5) is 13.2 Å². The molecule has 1 aliphatic carbocycles. The number of hydrogen-bond acceptors (Lipinski definition) is 0. The average Bonchev–Trinajstić information content (AvgIpc) is 2.30. The predicted octanol–water partition coefficient (Wildman–Crippen LogP) is 6.25. The van der Waals surface area contributed by atoms with Gasteiger partial charge in [0.1, 0.15) is 0 Å². The Bertz CT molecular complexity index is 206. The summed E-state index contributed by atoms with van der Waals surface area (Å²) in [6, 6.07) is 0. The van der Waals surface area contributed by atoms with Gasteiger partial charge in [-0.3, -0.25) is 0 Å². The molecule has 0 aromatic carbocycles. The van der Waals surface area contributed by atoms with Gasteiger partial charge < -0.3 is 0 Å². The van der Waals surface area contributed by atoms with Gasteiger partial charge in [-0.2, -0.15) is 13.2 Å². The molecule has 0 amide bonds. The summed E-state index contributed by atoms with van der Waals surface area (Å²) in [4.78, 5) is 0. The fourth-order valence-corrected chi connectivity index (χ4v) is 2.85. The summed E-state index contributed by atoms with van der Waals surface area (Å²) in [6.45, 7) is 1.42. The second-order valence-electron chi connectivity index (χ2n) is 6.09. The Morgan fingerprint density at radius 1 is 0.611 bits per heavy atom. The van der Waals surface area contributed by atoms with E-state index in [0.29, 0.717) is 12.8 Å². The Labute approximate surface area is 109 Å². The van der Waals surface area contributed by atoms with E-state index >= 15 is 0 Å². The maximum Gasteiger partial charge on any atom is 0.394 e. The summed E-state index contributed by atoms with van der Waals surface area (Å²) >= 11 is 0. The van der Waals surface area contributed by atoms with E-state index in [9.17, 15) is 13.2 Å². The summed E-state index contributed by atoms with van der Waals surface area (Å²) in [5, 5.41) is 0. The molecule has 0 unspecified atom stereocenters. The first-order valence-electron chi connectivity index (χ1n) is 7.52. The lowest BCUT2D eigenvalue weighted by atomic mass is 9.79. The van der Waals surface area contributed by atoms with Crippen molar-refractivity contribution >= 4 is 0 Å². The van der Waals surface area contributed by atoms with Crippen LogP contribution in [0.5, 0.6) is 0 Å². The minimum Gasteiger partial charge on any atom is -0.171 e. The lowest BCUT2D eigenvalue weighted by Crippen LogP contribution is -2.35. The standard InChI is InChI=1S/C15H27F3/c1-14(15(16,17)18)12-10-8-6-4-2-3-5-7-9-11-13-14/h2-13H2,1H3. The summed E-state index contributed by atoms with van der Waals surface area (Å²) < 4.78 is 39.4. The van der Waals surface area contributed by atoms with E-state index in [2.05, 4.69) is 0 Å². The normalized spacial score (nSPS) is 24.7. The van der Waals surface area contributed by atoms with Crippen molar-refractivity contribution in [2.45, 2.75) is 90.1 Å². The molecule has 108 valence electrons. The number of hydrogen-bond donors (Lipinski definition) is 0. The highest BCUT2D eigenvalue weighted by Crippen LogP contribution is 2.46. The van der Waals surface area contributed by atoms with E-state index in [4.69, 9.17) is 0 Å². The molecule has 1 rings (SSSR count). The Morgan fingerprint density at radius 2 is 0.889 bits per heavy atom. The molecule has 0 atom stereocenters. The summed E-state index contributed by atoms with van der Waals surface area (Å²) in [7, 11) is 0. The average molecular weight is 264 g/mol. The smallest absolute Gasteiger partial charge is 0.171 e. The fraction of sp³-hybridized carbons (Fsp3) is 1.00. The van der Waals surface area contributed by atoms with E-state index in [0.717, 1.165) is 38.5 Å². The van der Waals surface area contributed by atoms with Crippen molar-refractivity contribution in [3.05, 3.63) is 0 Å². The molecule has 1 aliphatic rings. The van der Waals surface area contributed by atoms with Crippen LogP contribution < -0.4 is 0 Å². The zero-order chi connectivity index (χ0) is 13.5. The maximum atomic E-state index is 13.1. The summed E-state index contributed by atoms with van der Waals surface area (Å²) in [5.74, 6) is 0. The first-order chi connectivity index (χ1) is 8.46. The quantitative estimate of drug-likeness (QED) is 0.485. The monoisotopic (exact) mass is 264 g/mol. The Hall–Kier alpha value is -0.210. The van der Waals surface area contributed by atoms with Crippen LogP contribution in [0.2, 0.25) is 0 Å². The zero-order valence-electron chi connectivity index (χ0n) is 11.6. The van der Waals surface area contributed by atoms with E-state index in [1.165, 1.54) is 32.6 Å². The van der Waals surface area contributed by atoms with Gasteiger partial charge in [0.05, 0.1) is 5.41 Å². The van der Waals surface area contributed by atoms with Crippen LogP contribution in [0.25, 0.3) is 0 Å². The first kappa shape index (κ1) is 15.8.